The molecular weight excluding hydrogens is 356 g/mol. The van der Waals surface area contributed by atoms with Crippen LogP contribution in [0.25, 0.3) is 0 Å². The molecule has 2 saturated heterocycles. The summed E-state index contributed by atoms with van der Waals surface area (Å²) in [6, 6.07) is 9.18. The van der Waals surface area contributed by atoms with E-state index in [1.807, 2.05) is 51.1 Å². The Morgan fingerprint density at radius 1 is 1.18 bits per heavy atom. The summed E-state index contributed by atoms with van der Waals surface area (Å²) in [7, 11) is 1.77. The third-order valence-corrected chi connectivity index (χ3v) is 5.77. The molecule has 1 aromatic carbocycles. The Morgan fingerprint density at radius 2 is 1.86 bits per heavy atom. The van der Waals surface area contributed by atoms with Crippen LogP contribution in [0, 0.1) is 0 Å². The molecule has 0 aromatic heterocycles. The summed E-state index contributed by atoms with van der Waals surface area (Å²) in [6.07, 6.45) is 0.700. The molecule has 0 saturated carbocycles. The van der Waals surface area contributed by atoms with Crippen molar-refractivity contribution in [3.05, 3.63) is 35.9 Å². The minimum Gasteiger partial charge on any atom is -0.337 e. The van der Waals surface area contributed by atoms with E-state index in [1.165, 1.54) is 0 Å². The average molecular weight is 386 g/mol. The summed E-state index contributed by atoms with van der Waals surface area (Å²) >= 11 is 0. The van der Waals surface area contributed by atoms with Crippen molar-refractivity contribution in [2.24, 2.45) is 0 Å². The third kappa shape index (κ3) is 3.51. The van der Waals surface area contributed by atoms with Crippen LogP contribution in [-0.2, 0) is 14.4 Å². The lowest BCUT2D eigenvalue weighted by Gasteiger charge is -2.55. The molecule has 0 aliphatic carbocycles. The minimum atomic E-state index is -0.612. The summed E-state index contributed by atoms with van der Waals surface area (Å²) < 4.78 is 0. The van der Waals surface area contributed by atoms with Gasteiger partial charge in [-0.2, -0.15) is 0 Å². The van der Waals surface area contributed by atoms with Gasteiger partial charge in [-0.15, -0.1) is 0 Å². The Labute approximate surface area is 166 Å². The van der Waals surface area contributed by atoms with Crippen LogP contribution < -0.4 is 0 Å². The topological polar surface area (TPSA) is 64.2 Å². The number of fused-ring (bicyclic) bond motifs is 1. The first-order valence-corrected chi connectivity index (χ1v) is 10.1. The number of nitrogens with zero attached hydrogens (tertiary/aromatic N) is 4. The Bertz CT molecular complexity index is 738. The molecule has 3 rings (SSSR count). The zero-order valence-corrected chi connectivity index (χ0v) is 17.2. The van der Waals surface area contributed by atoms with Crippen LogP contribution in [0.1, 0.15) is 45.1 Å². The van der Waals surface area contributed by atoms with E-state index in [1.54, 1.807) is 26.9 Å². The maximum atomic E-state index is 13.3. The summed E-state index contributed by atoms with van der Waals surface area (Å²) in [5.74, 6) is -0.328. The number of benzene rings is 1. The minimum absolute atomic E-state index is 0.0102. The van der Waals surface area contributed by atoms with Crippen molar-refractivity contribution in [2.75, 3.05) is 26.7 Å². The Balaban J connectivity index is 2.02. The first-order chi connectivity index (χ1) is 13.4. The molecule has 0 bridgehead atoms. The van der Waals surface area contributed by atoms with Crippen LogP contribution in [0.3, 0.4) is 0 Å². The highest BCUT2D eigenvalue weighted by molar-refractivity contribution is 5.92. The van der Waals surface area contributed by atoms with E-state index in [9.17, 15) is 14.4 Å². The maximum absolute atomic E-state index is 13.3. The highest BCUT2D eigenvalue weighted by atomic mass is 16.2. The number of rotatable bonds is 5. The molecule has 3 amide bonds. The van der Waals surface area contributed by atoms with Gasteiger partial charge in [-0.25, -0.2) is 5.01 Å². The van der Waals surface area contributed by atoms with Crippen molar-refractivity contribution in [3.63, 3.8) is 0 Å². The number of hydrogen-bond donors (Lipinski definition) is 0. The van der Waals surface area contributed by atoms with Gasteiger partial charge in [0.15, 0.2) is 0 Å². The molecule has 0 spiro atoms. The lowest BCUT2D eigenvalue weighted by Crippen LogP contribution is -2.75. The fourth-order valence-corrected chi connectivity index (χ4v) is 4.33. The van der Waals surface area contributed by atoms with E-state index >= 15 is 0 Å². The van der Waals surface area contributed by atoms with Crippen LogP contribution >= 0.6 is 0 Å². The van der Waals surface area contributed by atoms with E-state index in [0.717, 1.165) is 12.0 Å². The molecule has 0 radical (unpaired) electrons. The number of likely N-dealkylation sites (N-methyl/N-ethyl adjacent to an activating group) is 2. The van der Waals surface area contributed by atoms with E-state index in [4.69, 9.17) is 0 Å². The number of carbonyl (C=O) groups is 3. The second-order valence-electron chi connectivity index (χ2n) is 7.61. The molecule has 2 aliphatic heterocycles. The standard InChI is InChI=1S/C21H30N4O3/c1-5-10-18(26)25-17-13-23(6-2)21(28)20(24(17)19(27)14-22(25)4)15(3)16-11-8-7-9-12-16/h7-9,11-12,15,17,20H,5-6,10,13-14H2,1-4H3. The first-order valence-electron chi connectivity index (χ1n) is 10.1. The van der Waals surface area contributed by atoms with Crippen molar-refractivity contribution < 1.29 is 14.4 Å². The zero-order valence-electron chi connectivity index (χ0n) is 17.2. The summed E-state index contributed by atoms with van der Waals surface area (Å²) in [4.78, 5) is 42.6. The zero-order chi connectivity index (χ0) is 20.4. The SMILES string of the molecule is CCCC(=O)N1C2CN(CC)C(=O)C(C(C)c3ccccc3)N2C(=O)CN1C. The van der Waals surface area contributed by atoms with Gasteiger partial charge in [0.25, 0.3) is 0 Å². The van der Waals surface area contributed by atoms with Gasteiger partial charge in [0.1, 0.15) is 12.2 Å². The fourth-order valence-electron chi connectivity index (χ4n) is 4.33. The normalized spacial score (nSPS) is 24.4. The van der Waals surface area contributed by atoms with E-state index in [0.29, 0.717) is 19.5 Å². The van der Waals surface area contributed by atoms with E-state index in [2.05, 4.69) is 0 Å². The molecule has 3 atom stereocenters. The van der Waals surface area contributed by atoms with Crippen LogP contribution in [-0.4, -0.2) is 76.4 Å². The molecule has 7 heteroatoms. The van der Waals surface area contributed by atoms with Gasteiger partial charge < -0.3 is 9.80 Å². The quantitative estimate of drug-likeness (QED) is 0.772. The smallest absolute Gasteiger partial charge is 0.246 e. The van der Waals surface area contributed by atoms with Crippen molar-refractivity contribution in [1.82, 2.24) is 19.8 Å². The highest BCUT2D eigenvalue weighted by Gasteiger charge is 2.51. The van der Waals surface area contributed by atoms with Crippen LogP contribution in [0.5, 0.6) is 0 Å². The third-order valence-electron chi connectivity index (χ3n) is 5.77. The lowest BCUT2D eigenvalue weighted by molar-refractivity contribution is -0.203. The first kappa shape index (κ1) is 20.3. The Hall–Kier alpha value is -2.41. The Kier molecular flexibility index (Phi) is 6.03. The molecule has 152 valence electrons. The van der Waals surface area contributed by atoms with Gasteiger partial charge >= 0.3 is 0 Å². The molecule has 28 heavy (non-hydrogen) atoms. The molecule has 1 aromatic rings. The molecule has 3 unspecified atom stereocenters. The molecule has 7 nitrogen and oxygen atoms in total. The van der Waals surface area contributed by atoms with Gasteiger partial charge in [-0.1, -0.05) is 44.2 Å². The van der Waals surface area contributed by atoms with Gasteiger partial charge in [0.05, 0.1) is 13.1 Å². The number of hydrogen-bond acceptors (Lipinski definition) is 4. The number of amides is 3. The Morgan fingerprint density at radius 3 is 2.46 bits per heavy atom. The van der Waals surface area contributed by atoms with Crippen LogP contribution in [0.2, 0.25) is 0 Å². The van der Waals surface area contributed by atoms with Crippen molar-refractivity contribution in [2.45, 2.75) is 51.7 Å². The monoisotopic (exact) mass is 386 g/mol. The molecule has 2 heterocycles. The van der Waals surface area contributed by atoms with Crippen molar-refractivity contribution >= 4 is 17.7 Å². The maximum Gasteiger partial charge on any atom is 0.246 e. The molecular formula is C21H30N4O3. The number of hydrazine groups is 1. The predicted octanol–water partition coefficient (Wildman–Crippen LogP) is 1.66. The lowest BCUT2D eigenvalue weighted by atomic mass is 9.88. The molecule has 0 N–H and O–H groups in total. The van der Waals surface area contributed by atoms with Gasteiger partial charge in [-0.3, -0.25) is 19.4 Å². The molecule has 2 aliphatic rings. The average Bonchev–Trinajstić information content (AvgIpc) is 2.68. The highest BCUT2D eigenvalue weighted by Crippen LogP contribution is 2.33. The molecule has 2 fully saturated rings. The van der Waals surface area contributed by atoms with Crippen molar-refractivity contribution in [3.8, 4) is 0 Å². The van der Waals surface area contributed by atoms with E-state index < -0.39 is 12.2 Å². The number of carbonyl (C=O) groups excluding carboxylic acids is 3. The van der Waals surface area contributed by atoms with Crippen LogP contribution in [0.4, 0.5) is 0 Å². The van der Waals surface area contributed by atoms with Crippen LogP contribution in [0.15, 0.2) is 30.3 Å². The summed E-state index contributed by atoms with van der Waals surface area (Å²) in [5.41, 5.74) is 1.01. The second kappa shape index (κ2) is 8.31. The van der Waals surface area contributed by atoms with Crippen molar-refractivity contribution in [1.29, 1.82) is 0 Å². The van der Waals surface area contributed by atoms with E-state index in [-0.39, 0.29) is 30.2 Å². The predicted molar refractivity (Wildman–Crippen MR) is 106 cm³/mol. The second-order valence-corrected chi connectivity index (χ2v) is 7.61. The summed E-state index contributed by atoms with van der Waals surface area (Å²) in [5, 5.41) is 3.39. The summed E-state index contributed by atoms with van der Waals surface area (Å²) in [6.45, 7) is 6.88. The van der Waals surface area contributed by atoms with Gasteiger partial charge in [0.2, 0.25) is 17.7 Å². The largest absolute Gasteiger partial charge is 0.337 e. The number of piperazine rings is 1. The van der Waals surface area contributed by atoms with Gasteiger partial charge in [0, 0.05) is 25.9 Å². The fraction of sp³-hybridized carbons (Fsp3) is 0.571. The van der Waals surface area contributed by atoms with Gasteiger partial charge in [-0.05, 0) is 18.9 Å².